The van der Waals surface area contributed by atoms with Gasteiger partial charge in [0.15, 0.2) is 11.6 Å². The first kappa shape index (κ1) is 14.4. The summed E-state index contributed by atoms with van der Waals surface area (Å²) in [6.45, 7) is 2.15. The fourth-order valence-electron chi connectivity index (χ4n) is 2.86. The standard InChI is InChI=1S/C16H20F2N2O/c17-14-6-3-11(8-15(14)18)9-20-7-1-2-12(10-20)16(21)19-13-4-5-13/h3,6,8,12-13H,1-2,4-5,7,9-10H2,(H,19,21). The molecule has 1 aliphatic carbocycles. The van der Waals surface area contributed by atoms with E-state index < -0.39 is 11.6 Å². The van der Waals surface area contributed by atoms with Crippen LogP contribution < -0.4 is 5.32 Å². The SMILES string of the molecule is O=C(NC1CC1)C1CCCN(Cc2ccc(F)c(F)c2)C1. The Kier molecular flexibility index (Phi) is 4.19. The van der Waals surface area contributed by atoms with Gasteiger partial charge in [-0.2, -0.15) is 0 Å². The van der Waals surface area contributed by atoms with Gasteiger partial charge in [-0.1, -0.05) is 6.07 Å². The van der Waals surface area contributed by atoms with Gasteiger partial charge >= 0.3 is 0 Å². The molecular weight excluding hydrogens is 274 g/mol. The van der Waals surface area contributed by atoms with Gasteiger partial charge in [0.05, 0.1) is 5.92 Å². The van der Waals surface area contributed by atoms with E-state index in [-0.39, 0.29) is 11.8 Å². The third-order valence-corrected chi connectivity index (χ3v) is 4.19. The Bertz CT molecular complexity index is 531. The summed E-state index contributed by atoms with van der Waals surface area (Å²) in [5.41, 5.74) is 0.747. The number of hydrogen-bond acceptors (Lipinski definition) is 2. The summed E-state index contributed by atoms with van der Waals surface area (Å²) in [5.74, 6) is -1.47. The molecule has 1 atom stereocenters. The summed E-state index contributed by atoms with van der Waals surface area (Å²) in [6.07, 6.45) is 4.06. The monoisotopic (exact) mass is 294 g/mol. The maximum Gasteiger partial charge on any atom is 0.224 e. The average Bonchev–Trinajstić information content (AvgIpc) is 3.27. The third-order valence-electron chi connectivity index (χ3n) is 4.19. The van der Waals surface area contributed by atoms with Crippen LogP contribution in [-0.2, 0) is 11.3 Å². The van der Waals surface area contributed by atoms with Crippen LogP contribution >= 0.6 is 0 Å². The quantitative estimate of drug-likeness (QED) is 0.925. The number of carbonyl (C=O) groups is 1. The van der Waals surface area contributed by atoms with Crippen LogP contribution in [0.3, 0.4) is 0 Å². The van der Waals surface area contributed by atoms with Crippen LogP contribution in [-0.4, -0.2) is 29.9 Å². The van der Waals surface area contributed by atoms with Crippen molar-refractivity contribution in [3.63, 3.8) is 0 Å². The van der Waals surface area contributed by atoms with Crippen molar-refractivity contribution in [2.75, 3.05) is 13.1 Å². The topological polar surface area (TPSA) is 32.3 Å². The third kappa shape index (κ3) is 3.79. The molecule has 1 unspecified atom stereocenters. The molecule has 2 fully saturated rings. The average molecular weight is 294 g/mol. The number of rotatable bonds is 4. The lowest BCUT2D eigenvalue weighted by atomic mass is 9.96. The molecule has 2 aliphatic rings. The first-order valence-electron chi connectivity index (χ1n) is 7.58. The number of likely N-dealkylation sites (tertiary alicyclic amines) is 1. The maximum absolute atomic E-state index is 13.2. The molecule has 1 aliphatic heterocycles. The van der Waals surface area contributed by atoms with E-state index in [0.29, 0.717) is 19.1 Å². The fourth-order valence-corrected chi connectivity index (χ4v) is 2.86. The minimum atomic E-state index is -0.820. The van der Waals surface area contributed by atoms with Gasteiger partial charge in [-0.15, -0.1) is 0 Å². The Balaban J connectivity index is 1.57. The van der Waals surface area contributed by atoms with E-state index in [0.717, 1.165) is 43.9 Å². The summed E-state index contributed by atoms with van der Waals surface area (Å²) in [6, 6.07) is 4.39. The summed E-state index contributed by atoms with van der Waals surface area (Å²) < 4.78 is 26.2. The zero-order chi connectivity index (χ0) is 14.8. The molecule has 1 aromatic rings. The predicted molar refractivity (Wildman–Crippen MR) is 75.5 cm³/mol. The van der Waals surface area contributed by atoms with E-state index in [1.165, 1.54) is 6.07 Å². The smallest absolute Gasteiger partial charge is 0.224 e. The number of hydrogen-bond donors (Lipinski definition) is 1. The maximum atomic E-state index is 13.2. The molecule has 1 aromatic carbocycles. The number of nitrogens with zero attached hydrogens (tertiary/aromatic N) is 1. The van der Waals surface area contributed by atoms with Crippen LogP contribution in [0.5, 0.6) is 0 Å². The van der Waals surface area contributed by atoms with Gasteiger partial charge in [0.2, 0.25) is 5.91 Å². The van der Waals surface area contributed by atoms with E-state index in [2.05, 4.69) is 10.2 Å². The number of benzene rings is 1. The summed E-state index contributed by atoms with van der Waals surface area (Å²) in [4.78, 5) is 14.2. The molecule has 5 heteroatoms. The molecule has 1 saturated heterocycles. The first-order valence-corrected chi connectivity index (χ1v) is 7.58. The van der Waals surface area contributed by atoms with Crippen molar-refractivity contribution in [1.82, 2.24) is 10.2 Å². The molecule has 21 heavy (non-hydrogen) atoms. The second-order valence-corrected chi connectivity index (χ2v) is 6.11. The van der Waals surface area contributed by atoms with Crippen LogP contribution in [0.2, 0.25) is 0 Å². The van der Waals surface area contributed by atoms with Crippen LogP contribution in [0.4, 0.5) is 8.78 Å². The number of halogens is 2. The Morgan fingerprint density at radius 2 is 2.05 bits per heavy atom. The molecule has 3 rings (SSSR count). The molecule has 3 nitrogen and oxygen atoms in total. The van der Waals surface area contributed by atoms with Crippen molar-refractivity contribution in [2.24, 2.45) is 5.92 Å². The van der Waals surface area contributed by atoms with Crippen LogP contribution in [0.25, 0.3) is 0 Å². The van der Waals surface area contributed by atoms with Crippen LogP contribution in [0.15, 0.2) is 18.2 Å². The molecule has 0 radical (unpaired) electrons. The molecular formula is C16H20F2N2O. The fraction of sp³-hybridized carbons (Fsp3) is 0.562. The first-order chi connectivity index (χ1) is 10.1. The molecule has 0 bridgehead atoms. The summed E-state index contributed by atoms with van der Waals surface area (Å²) in [5, 5.41) is 3.05. The van der Waals surface area contributed by atoms with Gasteiger partial charge in [0.25, 0.3) is 0 Å². The molecule has 0 aromatic heterocycles. The van der Waals surface area contributed by atoms with E-state index in [1.54, 1.807) is 6.07 Å². The zero-order valence-electron chi connectivity index (χ0n) is 11.9. The summed E-state index contributed by atoms with van der Waals surface area (Å²) >= 11 is 0. The van der Waals surface area contributed by atoms with Crippen molar-refractivity contribution in [3.05, 3.63) is 35.4 Å². The van der Waals surface area contributed by atoms with Gasteiger partial charge in [-0.05, 0) is 49.9 Å². The second kappa shape index (κ2) is 6.10. The minimum absolute atomic E-state index is 0.0182. The van der Waals surface area contributed by atoms with E-state index >= 15 is 0 Å². The van der Waals surface area contributed by atoms with Gasteiger partial charge in [0.1, 0.15) is 0 Å². The molecule has 0 spiro atoms. The number of amides is 1. The highest BCUT2D eigenvalue weighted by molar-refractivity contribution is 5.79. The van der Waals surface area contributed by atoms with Crippen molar-refractivity contribution < 1.29 is 13.6 Å². The van der Waals surface area contributed by atoms with E-state index in [1.807, 2.05) is 0 Å². The highest BCUT2D eigenvalue weighted by Gasteiger charge is 2.30. The highest BCUT2D eigenvalue weighted by Crippen LogP contribution is 2.23. The van der Waals surface area contributed by atoms with Crippen molar-refractivity contribution in [3.8, 4) is 0 Å². The van der Waals surface area contributed by atoms with Gasteiger partial charge < -0.3 is 5.32 Å². The molecule has 114 valence electrons. The van der Waals surface area contributed by atoms with Crippen LogP contribution in [0.1, 0.15) is 31.2 Å². The largest absolute Gasteiger partial charge is 0.353 e. The Hall–Kier alpha value is -1.49. The van der Waals surface area contributed by atoms with Crippen molar-refractivity contribution in [2.45, 2.75) is 38.3 Å². The lowest BCUT2D eigenvalue weighted by Crippen LogP contribution is -2.43. The lowest BCUT2D eigenvalue weighted by Gasteiger charge is -2.32. The number of carbonyl (C=O) groups excluding carboxylic acids is 1. The number of nitrogens with one attached hydrogen (secondary N) is 1. The Labute approximate surface area is 123 Å². The second-order valence-electron chi connectivity index (χ2n) is 6.11. The summed E-state index contributed by atoms with van der Waals surface area (Å²) in [7, 11) is 0. The van der Waals surface area contributed by atoms with Crippen molar-refractivity contribution in [1.29, 1.82) is 0 Å². The van der Waals surface area contributed by atoms with Gasteiger partial charge in [0, 0.05) is 19.1 Å². The van der Waals surface area contributed by atoms with E-state index in [4.69, 9.17) is 0 Å². The van der Waals surface area contributed by atoms with Gasteiger partial charge in [-0.3, -0.25) is 9.69 Å². The predicted octanol–water partition coefficient (Wildman–Crippen LogP) is 2.46. The van der Waals surface area contributed by atoms with Crippen LogP contribution in [0, 0.1) is 17.6 Å². The molecule has 1 saturated carbocycles. The molecule has 1 amide bonds. The Morgan fingerprint density at radius 1 is 1.24 bits per heavy atom. The highest BCUT2D eigenvalue weighted by atomic mass is 19.2. The van der Waals surface area contributed by atoms with E-state index in [9.17, 15) is 13.6 Å². The number of piperidine rings is 1. The minimum Gasteiger partial charge on any atom is -0.353 e. The lowest BCUT2D eigenvalue weighted by molar-refractivity contribution is -0.126. The van der Waals surface area contributed by atoms with Crippen molar-refractivity contribution >= 4 is 5.91 Å². The Morgan fingerprint density at radius 3 is 2.76 bits per heavy atom. The molecule has 1 heterocycles. The zero-order valence-corrected chi connectivity index (χ0v) is 11.9. The van der Waals surface area contributed by atoms with Gasteiger partial charge in [-0.25, -0.2) is 8.78 Å². The normalized spacial score (nSPS) is 23.0. The molecule has 1 N–H and O–H groups in total.